The Labute approximate surface area is 112 Å². The first kappa shape index (κ1) is 14.3. The summed E-state index contributed by atoms with van der Waals surface area (Å²) in [5.41, 5.74) is 0.580. The molecule has 0 unspecified atom stereocenters. The van der Waals surface area contributed by atoms with Crippen molar-refractivity contribution in [3.8, 4) is 0 Å². The second-order valence-electron chi connectivity index (χ2n) is 6.19. The Hall–Kier alpha value is -0.120. The summed E-state index contributed by atoms with van der Waals surface area (Å²) in [5.74, 6) is 0. The van der Waals surface area contributed by atoms with Crippen LogP contribution in [0.2, 0.25) is 0 Å². The van der Waals surface area contributed by atoms with Crippen LogP contribution < -0.4 is 5.32 Å². The molecule has 2 aliphatic rings. The first-order valence-corrected chi connectivity index (χ1v) is 7.73. The second-order valence-corrected chi connectivity index (χ2v) is 6.19. The van der Waals surface area contributed by atoms with Gasteiger partial charge in [0.1, 0.15) is 0 Å². The van der Waals surface area contributed by atoms with Crippen LogP contribution in [0.4, 0.5) is 0 Å². The van der Waals surface area contributed by atoms with Gasteiger partial charge in [0.15, 0.2) is 0 Å². The normalized spacial score (nSPS) is 23.5. The average Bonchev–Trinajstić information content (AvgIpc) is 3.20. The van der Waals surface area contributed by atoms with Gasteiger partial charge in [-0.2, -0.15) is 0 Å². The van der Waals surface area contributed by atoms with E-state index in [2.05, 4.69) is 17.1 Å². The molecule has 0 aromatic heterocycles. The molecular weight excluding hydrogens is 224 g/mol. The smallest absolute Gasteiger partial charge is 0.0589 e. The maximum absolute atomic E-state index is 5.28. The summed E-state index contributed by atoms with van der Waals surface area (Å²) in [4.78, 5) is 2.71. The zero-order valence-electron chi connectivity index (χ0n) is 12.2. The van der Waals surface area contributed by atoms with Gasteiger partial charge in [-0.1, -0.05) is 13.3 Å². The van der Waals surface area contributed by atoms with Crippen LogP contribution in [0.3, 0.4) is 0 Å². The highest BCUT2D eigenvalue weighted by Crippen LogP contribution is 2.38. The molecule has 0 atom stereocenters. The second kappa shape index (κ2) is 6.88. The Bertz CT molecular complexity index is 229. The van der Waals surface area contributed by atoms with Gasteiger partial charge in [0.05, 0.1) is 6.61 Å². The molecular formula is C15H30N2O. The predicted octanol–water partition coefficient (Wildman–Crippen LogP) is 2.27. The van der Waals surface area contributed by atoms with Crippen LogP contribution in [-0.2, 0) is 4.74 Å². The molecule has 106 valence electrons. The molecule has 1 saturated carbocycles. The van der Waals surface area contributed by atoms with Gasteiger partial charge in [0.25, 0.3) is 0 Å². The van der Waals surface area contributed by atoms with Crippen LogP contribution in [0.25, 0.3) is 0 Å². The third-order valence-electron chi connectivity index (χ3n) is 4.63. The molecule has 3 heteroatoms. The lowest BCUT2D eigenvalue weighted by Crippen LogP contribution is -2.46. The van der Waals surface area contributed by atoms with Crippen molar-refractivity contribution in [2.45, 2.75) is 51.5 Å². The van der Waals surface area contributed by atoms with Gasteiger partial charge in [-0.3, -0.25) is 4.90 Å². The molecule has 0 spiro atoms. The number of rotatable bonds is 8. The molecule has 18 heavy (non-hydrogen) atoms. The van der Waals surface area contributed by atoms with Crippen molar-refractivity contribution in [1.29, 1.82) is 0 Å². The van der Waals surface area contributed by atoms with Crippen molar-refractivity contribution in [3.63, 3.8) is 0 Å². The molecule has 0 bridgehead atoms. The highest BCUT2D eigenvalue weighted by atomic mass is 16.5. The summed E-state index contributed by atoms with van der Waals surface area (Å²) in [7, 11) is 1.82. The van der Waals surface area contributed by atoms with Crippen LogP contribution in [0, 0.1) is 5.41 Å². The van der Waals surface area contributed by atoms with Crippen molar-refractivity contribution >= 4 is 0 Å². The molecule has 1 N–H and O–H groups in total. The van der Waals surface area contributed by atoms with Crippen LogP contribution in [0.5, 0.6) is 0 Å². The van der Waals surface area contributed by atoms with Gasteiger partial charge in [0.2, 0.25) is 0 Å². The van der Waals surface area contributed by atoms with Crippen molar-refractivity contribution in [2.75, 3.05) is 39.9 Å². The van der Waals surface area contributed by atoms with Gasteiger partial charge in [-0.05, 0) is 50.6 Å². The van der Waals surface area contributed by atoms with E-state index in [1.807, 2.05) is 7.11 Å². The quantitative estimate of drug-likeness (QED) is 0.719. The minimum Gasteiger partial charge on any atom is -0.383 e. The number of ether oxygens (including phenoxy) is 1. The Kier molecular flexibility index (Phi) is 5.46. The number of hydrogen-bond acceptors (Lipinski definition) is 3. The van der Waals surface area contributed by atoms with Crippen molar-refractivity contribution in [1.82, 2.24) is 10.2 Å². The molecule has 0 aromatic carbocycles. The molecule has 0 aromatic rings. The lowest BCUT2D eigenvalue weighted by Gasteiger charge is -2.41. The standard InChI is InChI=1S/C15H30N2O/c1-3-6-15(7-9-16-10-8-15)13-17(11-12-18-2)14-4-5-14/h14,16H,3-13H2,1-2H3. The molecule has 2 fully saturated rings. The molecule has 3 nitrogen and oxygen atoms in total. The van der Waals surface area contributed by atoms with E-state index in [-0.39, 0.29) is 0 Å². The molecule has 1 aliphatic heterocycles. The lowest BCUT2D eigenvalue weighted by molar-refractivity contribution is 0.0728. The third-order valence-corrected chi connectivity index (χ3v) is 4.63. The molecule has 1 saturated heterocycles. The fourth-order valence-electron chi connectivity index (χ4n) is 3.44. The van der Waals surface area contributed by atoms with Gasteiger partial charge in [0, 0.05) is 26.2 Å². The van der Waals surface area contributed by atoms with E-state index in [1.165, 1.54) is 58.2 Å². The summed E-state index contributed by atoms with van der Waals surface area (Å²) >= 11 is 0. The summed E-state index contributed by atoms with van der Waals surface area (Å²) in [5, 5.41) is 3.52. The highest BCUT2D eigenvalue weighted by Gasteiger charge is 2.37. The highest BCUT2D eigenvalue weighted by molar-refractivity contribution is 4.92. The van der Waals surface area contributed by atoms with Gasteiger partial charge in [-0.25, -0.2) is 0 Å². The van der Waals surface area contributed by atoms with E-state index < -0.39 is 0 Å². The minimum absolute atomic E-state index is 0.580. The summed E-state index contributed by atoms with van der Waals surface area (Å²) in [6.07, 6.45) is 8.25. The number of hydrogen-bond donors (Lipinski definition) is 1. The molecule has 0 amide bonds. The number of nitrogens with one attached hydrogen (secondary N) is 1. The Morgan fingerprint density at radius 3 is 2.56 bits per heavy atom. The van der Waals surface area contributed by atoms with Gasteiger partial charge < -0.3 is 10.1 Å². The number of piperidine rings is 1. The van der Waals surface area contributed by atoms with E-state index >= 15 is 0 Å². The van der Waals surface area contributed by atoms with E-state index in [9.17, 15) is 0 Å². The fraction of sp³-hybridized carbons (Fsp3) is 1.00. The predicted molar refractivity (Wildman–Crippen MR) is 75.9 cm³/mol. The van der Waals surface area contributed by atoms with E-state index in [1.54, 1.807) is 0 Å². The number of methoxy groups -OCH3 is 1. The zero-order valence-corrected chi connectivity index (χ0v) is 12.2. The van der Waals surface area contributed by atoms with Gasteiger partial charge in [-0.15, -0.1) is 0 Å². The molecule has 1 aliphatic carbocycles. The van der Waals surface area contributed by atoms with E-state index in [0.29, 0.717) is 5.41 Å². The Morgan fingerprint density at radius 1 is 1.28 bits per heavy atom. The zero-order chi connectivity index (χ0) is 12.8. The summed E-state index contributed by atoms with van der Waals surface area (Å²) in [6.45, 7) is 8.07. The molecule has 1 heterocycles. The van der Waals surface area contributed by atoms with Crippen LogP contribution in [0.15, 0.2) is 0 Å². The summed E-state index contributed by atoms with van der Waals surface area (Å²) in [6, 6.07) is 0.865. The Morgan fingerprint density at radius 2 is 2.00 bits per heavy atom. The van der Waals surface area contributed by atoms with Crippen molar-refractivity contribution in [3.05, 3.63) is 0 Å². The lowest BCUT2D eigenvalue weighted by atomic mass is 9.75. The number of nitrogens with zero attached hydrogens (tertiary/aromatic N) is 1. The molecule has 2 rings (SSSR count). The first-order valence-electron chi connectivity index (χ1n) is 7.73. The maximum Gasteiger partial charge on any atom is 0.0589 e. The monoisotopic (exact) mass is 254 g/mol. The Balaban J connectivity index is 1.91. The fourth-order valence-corrected chi connectivity index (χ4v) is 3.44. The summed E-state index contributed by atoms with van der Waals surface area (Å²) < 4.78 is 5.28. The first-order chi connectivity index (χ1) is 8.79. The SMILES string of the molecule is CCCC1(CN(CCOC)C2CC2)CCNCC1. The largest absolute Gasteiger partial charge is 0.383 e. The van der Waals surface area contributed by atoms with E-state index in [0.717, 1.165) is 19.2 Å². The minimum atomic E-state index is 0.580. The van der Waals surface area contributed by atoms with Crippen LogP contribution in [-0.4, -0.2) is 50.8 Å². The van der Waals surface area contributed by atoms with Crippen molar-refractivity contribution in [2.24, 2.45) is 5.41 Å². The average molecular weight is 254 g/mol. The van der Waals surface area contributed by atoms with Crippen LogP contribution >= 0.6 is 0 Å². The van der Waals surface area contributed by atoms with Crippen LogP contribution in [0.1, 0.15) is 45.4 Å². The topological polar surface area (TPSA) is 24.5 Å². The third kappa shape index (κ3) is 3.94. The van der Waals surface area contributed by atoms with Gasteiger partial charge >= 0.3 is 0 Å². The molecule has 0 radical (unpaired) electrons. The maximum atomic E-state index is 5.28. The van der Waals surface area contributed by atoms with E-state index in [4.69, 9.17) is 4.74 Å². The van der Waals surface area contributed by atoms with Crippen molar-refractivity contribution < 1.29 is 4.74 Å².